The molecule has 1 aromatic rings. The summed E-state index contributed by atoms with van der Waals surface area (Å²) in [6, 6.07) is 6.25. The first-order valence-electron chi connectivity index (χ1n) is 5.69. The number of halogens is 2. The Kier molecular flexibility index (Phi) is 5.18. The van der Waals surface area contributed by atoms with Crippen LogP contribution in [0.5, 0.6) is 0 Å². The molecule has 0 bridgehead atoms. The highest BCUT2D eigenvalue weighted by molar-refractivity contribution is 9.10. The minimum atomic E-state index is 0.294. The van der Waals surface area contributed by atoms with Crippen LogP contribution in [0.1, 0.15) is 11.6 Å². The van der Waals surface area contributed by atoms with Gasteiger partial charge in [-0.05, 0) is 17.7 Å². The quantitative estimate of drug-likeness (QED) is 0.920. The highest BCUT2D eigenvalue weighted by Crippen LogP contribution is 2.30. The minimum Gasteiger partial charge on any atom is -0.329 e. The topological polar surface area (TPSA) is 29.3 Å². The maximum absolute atomic E-state index is 5.97. The van der Waals surface area contributed by atoms with Gasteiger partial charge in [-0.3, -0.25) is 4.90 Å². The summed E-state index contributed by atoms with van der Waals surface area (Å²) in [6.07, 6.45) is 0. The van der Waals surface area contributed by atoms with Crippen molar-refractivity contribution in [3.05, 3.63) is 33.3 Å². The lowest BCUT2D eigenvalue weighted by Crippen LogP contribution is -2.39. The van der Waals surface area contributed by atoms with Crippen LogP contribution in [0.2, 0.25) is 5.02 Å². The van der Waals surface area contributed by atoms with E-state index in [-0.39, 0.29) is 0 Å². The zero-order valence-corrected chi connectivity index (χ0v) is 12.7. The third-order valence-electron chi connectivity index (χ3n) is 3.03. The summed E-state index contributed by atoms with van der Waals surface area (Å²) in [5.41, 5.74) is 7.18. The van der Waals surface area contributed by atoms with E-state index >= 15 is 0 Å². The summed E-state index contributed by atoms with van der Waals surface area (Å²) in [6.45, 7) is 2.87. The van der Waals surface area contributed by atoms with Crippen molar-refractivity contribution in [3.8, 4) is 0 Å². The molecule has 94 valence electrons. The van der Waals surface area contributed by atoms with Crippen molar-refractivity contribution in [1.82, 2.24) is 4.90 Å². The molecule has 0 saturated carbocycles. The number of nitrogens with two attached hydrogens (primary N) is 1. The van der Waals surface area contributed by atoms with Crippen molar-refractivity contribution in [1.29, 1.82) is 0 Å². The summed E-state index contributed by atoms with van der Waals surface area (Å²) in [4.78, 5) is 2.46. The molecule has 2 rings (SSSR count). The van der Waals surface area contributed by atoms with Crippen LogP contribution in [0.3, 0.4) is 0 Å². The van der Waals surface area contributed by atoms with E-state index in [1.54, 1.807) is 0 Å². The third kappa shape index (κ3) is 3.38. The van der Waals surface area contributed by atoms with Crippen LogP contribution in [0.25, 0.3) is 0 Å². The Morgan fingerprint density at radius 1 is 1.41 bits per heavy atom. The highest BCUT2D eigenvalue weighted by atomic mass is 79.9. The molecular formula is C12H16BrClN2S. The van der Waals surface area contributed by atoms with Gasteiger partial charge in [-0.2, -0.15) is 11.8 Å². The van der Waals surface area contributed by atoms with E-state index in [1.807, 2.05) is 23.9 Å². The molecule has 2 N–H and O–H groups in total. The molecule has 1 aliphatic heterocycles. The van der Waals surface area contributed by atoms with Gasteiger partial charge in [-0.15, -0.1) is 0 Å². The summed E-state index contributed by atoms with van der Waals surface area (Å²) in [7, 11) is 0. The van der Waals surface area contributed by atoms with Gasteiger partial charge in [0, 0.05) is 46.7 Å². The summed E-state index contributed by atoms with van der Waals surface area (Å²) in [5, 5.41) is 0.755. The van der Waals surface area contributed by atoms with Gasteiger partial charge in [0.2, 0.25) is 0 Å². The maximum Gasteiger partial charge on any atom is 0.0482 e. The zero-order chi connectivity index (χ0) is 12.3. The molecule has 1 aromatic carbocycles. The van der Waals surface area contributed by atoms with Crippen molar-refractivity contribution in [3.63, 3.8) is 0 Å². The number of thioether (sulfide) groups is 1. The highest BCUT2D eigenvalue weighted by Gasteiger charge is 2.22. The molecule has 5 heteroatoms. The van der Waals surface area contributed by atoms with Gasteiger partial charge >= 0.3 is 0 Å². The Morgan fingerprint density at radius 2 is 2.12 bits per heavy atom. The average molecular weight is 336 g/mol. The molecule has 17 heavy (non-hydrogen) atoms. The third-order valence-corrected chi connectivity index (χ3v) is 4.90. The van der Waals surface area contributed by atoms with Crippen LogP contribution in [-0.2, 0) is 0 Å². The molecule has 0 radical (unpaired) electrons. The second kappa shape index (κ2) is 6.43. The van der Waals surface area contributed by atoms with Gasteiger partial charge in [0.25, 0.3) is 0 Å². The van der Waals surface area contributed by atoms with Crippen molar-refractivity contribution in [2.45, 2.75) is 6.04 Å². The van der Waals surface area contributed by atoms with Crippen molar-refractivity contribution >= 4 is 39.3 Å². The SMILES string of the molecule is NCC(c1ccc(Cl)cc1Br)N1CCSCC1. The van der Waals surface area contributed by atoms with E-state index in [2.05, 4.69) is 26.9 Å². The molecule has 0 spiro atoms. The standard InChI is InChI=1S/C12H16BrClN2S/c13-11-7-9(14)1-2-10(11)12(8-15)16-3-5-17-6-4-16/h1-2,7,12H,3-6,8,15H2. The number of rotatable bonds is 3. The van der Waals surface area contributed by atoms with Crippen LogP contribution < -0.4 is 5.73 Å². The van der Waals surface area contributed by atoms with Crippen molar-refractivity contribution < 1.29 is 0 Å². The van der Waals surface area contributed by atoms with E-state index in [9.17, 15) is 0 Å². The van der Waals surface area contributed by atoms with Crippen molar-refractivity contribution in [2.24, 2.45) is 5.73 Å². The molecule has 1 saturated heterocycles. The molecule has 2 nitrogen and oxygen atoms in total. The van der Waals surface area contributed by atoms with Crippen LogP contribution in [0.15, 0.2) is 22.7 Å². The summed E-state index contributed by atoms with van der Waals surface area (Å²) in [5.74, 6) is 2.39. The van der Waals surface area contributed by atoms with Crippen LogP contribution in [-0.4, -0.2) is 36.0 Å². The Balaban J connectivity index is 2.21. The molecule has 1 atom stereocenters. The zero-order valence-electron chi connectivity index (χ0n) is 9.53. The van der Waals surface area contributed by atoms with E-state index in [0.29, 0.717) is 12.6 Å². The Hall–Kier alpha value is 0.260. The second-order valence-corrected chi connectivity index (χ2v) is 6.58. The second-order valence-electron chi connectivity index (χ2n) is 4.07. The first-order valence-corrected chi connectivity index (χ1v) is 8.01. The van der Waals surface area contributed by atoms with Gasteiger partial charge in [-0.1, -0.05) is 33.6 Å². The largest absolute Gasteiger partial charge is 0.329 e. The van der Waals surface area contributed by atoms with E-state index in [0.717, 1.165) is 22.6 Å². The first-order chi connectivity index (χ1) is 8.22. The van der Waals surface area contributed by atoms with Crippen LogP contribution >= 0.6 is 39.3 Å². The Bertz CT molecular complexity index is 383. The monoisotopic (exact) mass is 334 g/mol. The van der Waals surface area contributed by atoms with Gasteiger partial charge < -0.3 is 5.73 Å². The maximum atomic E-state index is 5.97. The van der Waals surface area contributed by atoms with Crippen LogP contribution in [0, 0.1) is 0 Å². The predicted octanol–water partition coefficient (Wildman–Crippen LogP) is 3.15. The average Bonchev–Trinajstić information content (AvgIpc) is 2.34. The summed E-state index contributed by atoms with van der Waals surface area (Å²) < 4.78 is 1.05. The van der Waals surface area contributed by atoms with E-state index in [1.165, 1.54) is 17.1 Å². The molecule has 0 aliphatic carbocycles. The minimum absolute atomic E-state index is 0.294. The lowest BCUT2D eigenvalue weighted by Gasteiger charge is -2.34. The van der Waals surface area contributed by atoms with E-state index in [4.69, 9.17) is 17.3 Å². The first kappa shape index (κ1) is 13.7. The van der Waals surface area contributed by atoms with Gasteiger partial charge in [0.05, 0.1) is 0 Å². The van der Waals surface area contributed by atoms with Gasteiger partial charge in [-0.25, -0.2) is 0 Å². The molecule has 1 heterocycles. The fourth-order valence-electron chi connectivity index (χ4n) is 2.13. The van der Waals surface area contributed by atoms with Crippen molar-refractivity contribution in [2.75, 3.05) is 31.1 Å². The molecule has 0 amide bonds. The molecular weight excluding hydrogens is 320 g/mol. The molecule has 1 aliphatic rings. The number of hydrogen-bond donors (Lipinski definition) is 1. The molecule has 0 aromatic heterocycles. The Labute approximate surface area is 120 Å². The Morgan fingerprint density at radius 3 is 2.71 bits per heavy atom. The number of hydrogen-bond acceptors (Lipinski definition) is 3. The summed E-state index contributed by atoms with van der Waals surface area (Å²) >= 11 is 11.6. The fourth-order valence-corrected chi connectivity index (χ4v) is 4.01. The number of benzene rings is 1. The number of nitrogens with zero attached hydrogens (tertiary/aromatic N) is 1. The van der Waals surface area contributed by atoms with Gasteiger partial charge in [0.1, 0.15) is 0 Å². The predicted molar refractivity (Wildman–Crippen MR) is 79.8 cm³/mol. The lowest BCUT2D eigenvalue weighted by molar-refractivity contribution is 0.222. The molecule has 1 fully saturated rings. The smallest absolute Gasteiger partial charge is 0.0482 e. The lowest BCUT2D eigenvalue weighted by atomic mass is 10.1. The van der Waals surface area contributed by atoms with Gasteiger partial charge in [0.15, 0.2) is 0 Å². The fraction of sp³-hybridized carbons (Fsp3) is 0.500. The van der Waals surface area contributed by atoms with Crippen LogP contribution in [0.4, 0.5) is 0 Å². The molecule has 1 unspecified atom stereocenters. The normalized spacial score (nSPS) is 19.2. The van der Waals surface area contributed by atoms with E-state index < -0.39 is 0 Å².